The standard InChI is InChI=1S/C22H40N4O2.2ClH/c1-17-5-3-7-20(13-17)24-21(27)16-25-9-11-26(12-10-25)22(28)14-18(2)19-6-4-8-23-15-19;;/h17-20,23H,3-16H2,1-2H3,(H,24,27);2*1H. The van der Waals surface area contributed by atoms with Crippen molar-refractivity contribution in [2.45, 2.75) is 64.8 Å². The van der Waals surface area contributed by atoms with E-state index >= 15 is 0 Å². The third-order valence-electron chi connectivity index (χ3n) is 7.03. The molecule has 0 aromatic carbocycles. The van der Waals surface area contributed by atoms with Gasteiger partial charge < -0.3 is 15.5 Å². The minimum Gasteiger partial charge on any atom is -0.352 e. The van der Waals surface area contributed by atoms with E-state index in [0.717, 1.165) is 58.0 Å². The monoisotopic (exact) mass is 464 g/mol. The Bertz CT molecular complexity index is 523. The van der Waals surface area contributed by atoms with Crippen LogP contribution in [0.4, 0.5) is 0 Å². The normalized spacial score (nSPS) is 28.6. The molecule has 4 atom stereocenters. The second-order valence-corrected chi connectivity index (χ2v) is 9.48. The van der Waals surface area contributed by atoms with Gasteiger partial charge in [-0.2, -0.15) is 0 Å². The van der Waals surface area contributed by atoms with Gasteiger partial charge in [-0.05, 0) is 56.5 Å². The second kappa shape index (κ2) is 13.8. The van der Waals surface area contributed by atoms with Crippen LogP contribution in [0.2, 0.25) is 0 Å². The first-order valence-corrected chi connectivity index (χ1v) is 11.5. The molecule has 6 nitrogen and oxygen atoms in total. The second-order valence-electron chi connectivity index (χ2n) is 9.48. The highest BCUT2D eigenvalue weighted by atomic mass is 35.5. The van der Waals surface area contributed by atoms with Crippen molar-refractivity contribution in [3.05, 3.63) is 0 Å². The van der Waals surface area contributed by atoms with Crippen LogP contribution in [0.5, 0.6) is 0 Å². The van der Waals surface area contributed by atoms with Gasteiger partial charge >= 0.3 is 0 Å². The van der Waals surface area contributed by atoms with Crippen LogP contribution in [0, 0.1) is 17.8 Å². The summed E-state index contributed by atoms with van der Waals surface area (Å²) < 4.78 is 0. The van der Waals surface area contributed by atoms with Crippen molar-refractivity contribution in [3.8, 4) is 0 Å². The fraction of sp³-hybridized carbons (Fsp3) is 0.909. The molecule has 3 rings (SSSR count). The maximum atomic E-state index is 12.7. The Labute approximate surface area is 195 Å². The molecule has 1 saturated carbocycles. The van der Waals surface area contributed by atoms with Crippen molar-refractivity contribution >= 4 is 36.6 Å². The summed E-state index contributed by atoms with van der Waals surface area (Å²) in [4.78, 5) is 29.3. The number of piperidine rings is 1. The number of hydrogen-bond acceptors (Lipinski definition) is 4. The number of hydrogen-bond donors (Lipinski definition) is 2. The molecule has 176 valence electrons. The Kier molecular flexibility index (Phi) is 12.6. The summed E-state index contributed by atoms with van der Waals surface area (Å²) in [5.41, 5.74) is 0. The average Bonchev–Trinajstić information content (AvgIpc) is 2.69. The van der Waals surface area contributed by atoms with Gasteiger partial charge in [0, 0.05) is 38.6 Å². The zero-order valence-electron chi connectivity index (χ0n) is 18.7. The molecule has 3 fully saturated rings. The first-order valence-electron chi connectivity index (χ1n) is 11.5. The molecule has 2 saturated heterocycles. The Morgan fingerprint density at radius 2 is 1.80 bits per heavy atom. The van der Waals surface area contributed by atoms with Gasteiger partial charge in [-0.25, -0.2) is 0 Å². The van der Waals surface area contributed by atoms with Crippen LogP contribution in [0.1, 0.15) is 58.8 Å². The summed E-state index contributed by atoms with van der Waals surface area (Å²) in [6, 6.07) is 0.356. The smallest absolute Gasteiger partial charge is 0.234 e. The van der Waals surface area contributed by atoms with Gasteiger partial charge in [-0.15, -0.1) is 24.8 Å². The van der Waals surface area contributed by atoms with Crippen molar-refractivity contribution < 1.29 is 9.59 Å². The predicted molar refractivity (Wildman–Crippen MR) is 126 cm³/mol. The van der Waals surface area contributed by atoms with E-state index in [4.69, 9.17) is 0 Å². The number of rotatable bonds is 6. The zero-order chi connectivity index (χ0) is 19.9. The number of amides is 2. The predicted octanol–water partition coefficient (Wildman–Crippen LogP) is 2.69. The number of nitrogens with one attached hydrogen (secondary N) is 2. The molecule has 2 N–H and O–H groups in total. The van der Waals surface area contributed by atoms with Gasteiger partial charge in [0.2, 0.25) is 11.8 Å². The highest BCUT2D eigenvalue weighted by Crippen LogP contribution is 2.24. The number of carbonyl (C=O) groups is 2. The number of carbonyl (C=O) groups excluding carboxylic acids is 2. The molecule has 4 unspecified atom stereocenters. The Hall–Kier alpha value is -0.560. The van der Waals surface area contributed by atoms with Gasteiger partial charge in [0.25, 0.3) is 0 Å². The molecule has 0 bridgehead atoms. The molecule has 0 aromatic heterocycles. The third-order valence-corrected chi connectivity index (χ3v) is 7.03. The van der Waals surface area contributed by atoms with E-state index < -0.39 is 0 Å². The minimum absolute atomic E-state index is 0. The van der Waals surface area contributed by atoms with E-state index in [-0.39, 0.29) is 30.7 Å². The van der Waals surface area contributed by atoms with Gasteiger partial charge in [-0.3, -0.25) is 14.5 Å². The topological polar surface area (TPSA) is 64.7 Å². The van der Waals surface area contributed by atoms with Crippen LogP contribution in [-0.4, -0.2) is 73.5 Å². The lowest BCUT2D eigenvalue weighted by atomic mass is 9.85. The molecule has 2 amide bonds. The van der Waals surface area contributed by atoms with Crippen LogP contribution in [0.15, 0.2) is 0 Å². The molecular weight excluding hydrogens is 423 g/mol. The molecule has 0 radical (unpaired) electrons. The van der Waals surface area contributed by atoms with Crippen molar-refractivity contribution in [3.63, 3.8) is 0 Å². The Morgan fingerprint density at radius 3 is 2.43 bits per heavy atom. The lowest BCUT2D eigenvalue weighted by Crippen LogP contribution is -2.52. The number of halogens is 2. The highest BCUT2D eigenvalue weighted by Gasteiger charge is 2.27. The largest absolute Gasteiger partial charge is 0.352 e. The van der Waals surface area contributed by atoms with Crippen LogP contribution in [-0.2, 0) is 9.59 Å². The van der Waals surface area contributed by atoms with E-state index in [1.807, 2.05) is 4.90 Å². The maximum Gasteiger partial charge on any atom is 0.234 e. The van der Waals surface area contributed by atoms with E-state index in [2.05, 4.69) is 29.4 Å². The minimum atomic E-state index is 0. The number of piperazine rings is 1. The van der Waals surface area contributed by atoms with Crippen LogP contribution >= 0.6 is 24.8 Å². The van der Waals surface area contributed by atoms with Crippen molar-refractivity contribution in [2.75, 3.05) is 45.8 Å². The van der Waals surface area contributed by atoms with Crippen LogP contribution < -0.4 is 10.6 Å². The fourth-order valence-corrected chi connectivity index (χ4v) is 5.13. The molecule has 1 aliphatic carbocycles. The van der Waals surface area contributed by atoms with Crippen molar-refractivity contribution in [2.24, 2.45) is 17.8 Å². The van der Waals surface area contributed by atoms with E-state index in [1.165, 1.54) is 25.7 Å². The van der Waals surface area contributed by atoms with E-state index in [0.29, 0.717) is 36.8 Å². The quantitative estimate of drug-likeness (QED) is 0.633. The molecule has 0 spiro atoms. The van der Waals surface area contributed by atoms with Crippen LogP contribution in [0.25, 0.3) is 0 Å². The summed E-state index contributed by atoms with van der Waals surface area (Å²) in [5.74, 6) is 2.24. The summed E-state index contributed by atoms with van der Waals surface area (Å²) >= 11 is 0. The molecule has 2 heterocycles. The fourth-order valence-electron chi connectivity index (χ4n) is 5.13. The SMILES string of the molecule is CC1CCCC(NC(=O)CN2CCN(C(=O)CC(C)C3CCCNC3)CC2)C1.Cl.Cl. The maximum absolute atomic E-state index is 12.7. The van der Waals surface area contributed by atoms with Gasteiger partial charge in [-0.1, -0.05) is 26.7 Å². The molecule has 30 heavy (non-hydrogen) atoms. The summed E-state index contributed by atoms with van der Waals surface area (Å²) in [6.07, 6.45) is 7.87. The van der Waals surface area contributed by atoms with Gasteiger partial charge in [0.1, 0.15) is 0 Å². The first kappa shape index (κ1) is 27.5. The molecule has 0 aromatic rings. The Balaban J connectivity index is 0.00000225. The molecular formula is C22H42Cl2N4O2. The lowest BCUT2D eigenvalue weighted by Gasteiger charge is -2.36. The zero-order valence-corrected chi connectivity index (χ0v) is 20.4. The van der Waals surface area contributed by atoms with E-state index in [1.54, 1.807) is 0 Å². The third kappa shape index (κ3) is 8.52. The van der Waals surface area contributed by atoms with Gasteiger partial charge in [0.15, 0.2) is 0 Å². The number of nitrogens with zero attached hydrogens (tertiary/aromatic N) is 2. The Morgan fingerprint density at radius 1 is 1.07 bits per heavy atom. The summed E-state index contributed by atoms with van der Waals surface area (Å²) in [7, 11) is 0. The summed E-state index contributed by atoms with van der Waals surface area (Å²) in [5, 5.41) is 6.68. The molecule has 3 aliphatic rings. The van der Waals surface area contributed by atoms with E-state index in [9.17, 15) is 9.59 Å². The first-order chi connectivity index (χ1) is 13.5. The van der Waals surface area contributed by atoms with Crippen LogP contribution in [0.3, 0.4) is 0 Å². The average molecular weight is 466 g/mol. The van der Waals surface area contributed by atoms with Crippen molar-refractivity contribution in [1.29, 1.82) is 0 Å². The lowest BCUT2D eigenvalue weighted by molar-refractivity contribution is -0.134. The molecule has 8 heteroatoms. The van der Waals surface area contributed by atoms with Gasteiger partial charge in [0.05, 0.1) is 6.54 Å². The molecule has 2 aliphatic heterocycles. The highest BCUT2D eigenvalue weighted by molar-refractivity contribution is 5.85. The van der Waals surface area contributed by atoms with Crippen molar-refractivity contribution in [1.82, 2.24) is 20.4 Å². The summed E-state index contributed by atoms with van der Waals surface area (Å²) in [6.45, 7) is 10.3.